The molecule has 0 aromatic heterocycles. The first-order valence-electron chi connectivity index (χ1n) is 19.6. The van der Waals surface area contributed by atoms with E-state index in [0.29, 0.717) is 42.3 Å². The lowest BCUT2D eigenvalue weighted by Crippen LogP contribution is -2.71. The fourth-order valence-electron chi connectivity index (χ4n) is 13.7. The predicted molar refractivity (Wildman–Crippen MR) is 202 cm³/mol. The minimum Gasteiger partial charge on any atom is -0.478 e. The summed E-state index contributed by atoms with van der Waals surface area (Å²) in [5.41, 5.74) is 10.2. The molecule has 9 heteroatoms. The first-order valence-corrected chi connectivity index (χ1v) is 21.4. The van der Waals surface area contributed by atoms with Crippen LogP contribution in [0.5, 0.6) is 0 Å². The van der Waals surface area contributed by atoms with Crippen LogP contribution in [0.1, 0.15) is 109 Å². The van der Waals surface area contributed by atoms with E-state index in [1.165, 1.54) is 37.7 Å². The predicted octanol–water partition coefficient (Wildman–Crippen LogP) is 5.83. The Hall–Kier alpha value is -1.78. The second-order valence-corrected chi connectivity index (χ2v) is 21.4. The summed E-state index contributed by atoms with van der Waals surface area (Å²) in [6.45, 7) is 21.4. The van der Waals surface area contributed by atoms with Crippen LogP contribution in [0, 0.1) is 45.3 Å². The number of nitrogens with two attached hydrogens (primary N) is 1. The van der Waals surface area contributed by atoms with E-state index >= 15 is 0 Å². The minimum atomic E-state index is -2.88. The van der Waals surface area contributed by atoms with Gasteiger partial charge < -0.3 is 26.4 Å². The van der Waals surface area contributed by atoms with Crippen LogP contribution in [0.15, 0.2) is 30.3 Å². The summed E-state index contributed by atoms with van der Waals surface area (Å²) in [6.07, 6.45) is 10.9. The highest BCUT2D eigenvalue weighted by molar-refractivity contribution is 7.91. The first-order chi connectivity index (χ1) is 23.3. The summed E-state index contributed by atoms with van der Waals surface area (Å²) >= 11 is 0. The van der Waals surface area contributed by atoms with Crippen LogP contribution in [-0.4, -0.2) is 85.7 Å². The Labute approximate surface area is 301 Å². The van der Waals surface area contributed by atoms with Crippen LogP contribution < -0.4 is 16.4 Å². The van der Waals surface area contributed by atoms with Crippen LogP contribution in [0.25, 0.3) is 5.57 Å². The first kappa shape index (κ1) is 36.6. The maximum Gasteiger partial charge on any atom is 0.335 e. The van der Waals surface area contributed by atoms with E-state index < -0.39 is 15.8 Å². The van der Waals surface area contributed by atoms with Crippen molar-refractivity contribution in [3.05, 3.63) is 41.5 Å². The summed E-state index contributed by atoms with van der Waals surface area (Å²) < 4.78 is 24.1. The summed E-state index contributed by atoms with van der Waals surface area (Å²) in [5, 5.41) is 17.7. The van der Waals surface area contributed by atoms with E-state index in [0.717, 1.165) is 38.0 Å². The molecule has 2 aliphatic heterocycles. The van der Waals surface area contributed by atoms with Crippen molar-refractivity contribution in [2.24, 2.45) is 51.1 Å². The van der Waals surface area contributed by atoms with Crippen LogP contribution in [0.2, 0.25) is 0 Å². The van der Waals surface area contributed by atoms with Crippen molar-refractivity contribution < 1.29 is 18.3 Å². The lowest BCUT2D eigenvalue weighted by molar-refractivity contribution is -0.221. The Morgan fingerprint density at radius 3 is 2.30 bits per heavy atom. The molecule has 7 rings (SSSR count). The Kier molecular flexibility index (Phi) is 8.87. The number of aromatic carboxylic acids is 1. The van der Waals surface area contributed by atoms with E-state index in [4.69, 9.17) is 5.73 Å². The van der Waals surface area contributed by atoms with Crippen LogP contribution in [0.4, 0.5) is 0 Å². The maximum absolute atomic E-state index is 12.0. The van der Waals surface area contributed by atoms with Gasteiger partial charge >= 0.3 is 5.97 Å². The molecule has 278 valence electrons. The number of carboxylic acid groups (broad SMARTS) is 1. The number of nitrogens with zero attached hydrogens (tertiary/aromatic N) is 1. The molecule has 5 N–H and O–H groups in total. The lowest BCUT2D eigenvalue weighted by Gasteiger charge is -2.73. The van der Waals surface area contributed by atoms with E-state index in [1.807, 2.05) is 12.1 Å². The molecule has 6 aliphatic rings. The number of rotatable bonds is 7. The molecule has 4 aliphatic carbocycles. The van der Waals surface area contributed by atoms with Crippen molar-refractivity contribution in [3.63, 3.8) is 0 Å². The number of hydrogen-bond acceptors (Lipinski definition) is 7. The summed E-state index contributed by atoms with van der Waals surface area (Å²) in [6, 6.07) is 7.58. The fourth-order valence-corrected chi connectivity index (χ4v) is 15.0. The van der Waals surface area contributed by atoms with E-state index in [9.17, 15) is 18.3 Å². The number of allylic oxidation sites excluding steroid dienone is 2. The summed E-state index contributed by atoms with van der Waals surface area (Å²) in [4.78, 5) is 13.9. The number of fused-ring (bicyclic) bond motifs is 7. The lowest BCUT2D eigenvalue weighted by atomic mass is 9.32. The van der Waals surface area contributed by atoms with Gasteiger partial charge in [-0.15, -0.1) is 0 Å². The van der Waals surface area contributed by atoms with Gasteiger partial charge in [0.25, 0.3) is 0 Å². The van der Waals surface area contributed by atoms with Gasteiger partial charge in [0, 0.05) is 55.8 Å². The minimum absolute atomic E-state index is 0.00999. The molecular formula is C41H64N4O4S. The molecule has 2 saturated heterocycles. The molecule has 50 heavy (non-hydrogen) atoms. The maximum atomic E-state index is 12.0. The zero-order valence-electron chi connectivity index (χ0n) is 31.8. The van der Waals surface area contributed by atoms with Crippen molar-refractivity contribution in [2.45, 2.75) is 111 Å². The van der Waals surface area contributed by atoms with E-state index in [2.05, 4.69) is 70.1 Å². The Balaban J connectivity index is 1.16. The van der Waals surface area contributed by atoms with Crippen LogP contribution >= 0.6 is 0 Å². The Morgan fingerprint density at radius 2 is 1.66 bits per heavy atom. The molecule has 3 saturated carbocycles. The third-order valence-electron chi connectivity index (χ3n) is 16.8. The molecule has 10 atom stereocenters. The number of hydrogen-bond donors (Lipinski definition) is 4. The van der Waals surface area contributed by atoms with Crippen molar-refractivity contribution in [2.75, 3.05) is 44.2 Å². The highest BCUT2D eigenvalue weighted by Gasteiger charge is 2.72. The van der Waals surface area contributed by atoms with Crippen molar-refractivity contribution in [3.8, 4) is 0 Å². The van der Waals surface area contributed by atoms with Crippen molar-refractivity contribution in [1.82, 2.24) is 15.5 Å². The number of benzene rings is 1. The zero-order chi connectivity index (χ0) is 36.1. The molecule has 2 heterocycles. The highest BCUT2D eigenvalue weighted by atomic mass is 32.2. The number of nitrogens with one attached hydrogen (secondary N) is 2. The second kappa shape index (κ2) is 12.1. The van der Waals surface area contributed by atoms with Gasteiger partial charge in [0.1, 0.15) is 0 Å². The van der Waals surface area contributed by atoms with Gasteiger partial charge in [0.15, 0.2) is 9.84 Å². The molecule has 10 unspecified atom stereocenters. The van der Waals surface area contributed by atoms with Gasteiger partial charge in [-0.2, -0.15) is 0 Å². The molecule has 0 amide bonds. The van der Waals surface area contributed by atoms with E-state index in [1.54, 1.807) is 12.1 Å². The SMILES string of the molecule is CC(N)C1(C)NCC2(NCCN3CCS(=O)(=O)CC3)CCC3(C)C(CCC4C5(C)CC=C(c6ccc(C(=O)O)cc6)C(C)(C)C5CCC43C)C21. The average molecular weight is 709 g/mol. The molecule has 1 aromatic carbocycles. The molecular weight excluding hydrogens is 645 g/mol. The third-order valence-corrected chi connectivity index (χ3v) is 18.4. The molecule has 0 spiro atoms. The second-order valence-electron chi connectivity index (χ2n) is 19.1. The number of carboxylic acids is 1. The Bertz CT molecular complexity index is 1630. The molecule has 8 nitrogen and oxygen atoms in total. The average Bonchev–Trinajstić information content (AvgIpc) is 3.36. The van der Waals surface area contributed by atoms with Gasteiger partial charge in [-0.25, -0.2) is 13.2 Å². The molecule has 0 bridgehead atoms. The zero-order valence-corrected chi connectivity index (χ0v) is 32.6. The standard InChI is InChI=1S/C41H64N4O4S/c1-27(42)40(7)34-31-12-13-33-37(4)16-14-30(28-8-10-29(11-9-28)35(46)47)36(2,3)32(37)15-17-39(33,6)38(31,5)18-19-41(34,26-44-40)43-20-21-45-22-24-50(48,49)25-23-45/h8-11,14,27,31-34,43-44H,12-13,15-26,42H2,1-7H3,(H,46,47). The van der Waals surface area contributed by atoms with Gasteiger partial charge in [-0.05, 0) is 121 Å². The summed E-state index contributed by atoms with van der Waals surface area (Å²) in [5.74, 6) is 1.85. The normalized spacial score (nSPS) is 44.2. The monoisotopic (exact) mass is 708 g/mol. The van der Waals surface area contributed by atoms with Gasteiger partial charge in [-0.3, -0.25) is 0 Å². The van der Waals surface area contributed by atoms with Crippen LogP contribution in [-0.2, 0) is 9.84 Å². The molecule has 1 aromatic rings. The third kappa shape index (κ3) is 5.33. The van der Waals surface area contributed by atoms with Crippen LogP contribution in [0.3, 0.4) is 0 Å². The smallest absolute Gasteiger partial charge is 0.335 e. The van der Waals surface area contributed by atoms with Crippen molar-refractivity contribution >= 4 is 21.4 Å². The number of carbonyl (C=O) groups is 1. The van der Waals surface area contributed by atoms with Gasteiger partial charge in [-0.1, -0.05) is 52.8 Å². The van der Waals surface area contributed by atoms with Gasteiger partial charge in [0.2, 0.25) is 0 Å². The summed E-state index contributed by atoms with van der Waals surface area (Å²) in [7, 11) is -2.88. The number of sulfone groups is 1. The fraction of sp³-hybridized carbons (Fsp3) is 0.780. The van der Waals surface area contributed by atoms with Gasteiger partial charge in [0.05, 0.1) is 17.1 Å². The largest absolute Gasteiger partial charge is 0.478 e. The molecule has 5 fully saturated rings. The van der Waals surface area contributed by atoms with Crippen molar-refractivity contribution in [1.29, 1.82) is 0 Å². The van der Waals surface area contributed by atoms with E-state index in [-0.39, 0.29) is 50.3 Å². The topological polar surface area (TPSA) is 125 Å². The molecule has 0 radical (unpaired) electrons. The Morgan fingerprint density at radius 1 is 0.980 bits per heavy atom. The highest BCUT2D eigenvalue weighted by Crippen LogP contribution is 2.76. The quantitative estimate of drug-likeness (QED) is 0.279.